The van der Waals surface area contributed by atoms with Crippen molar-refractivity contribution in [2.45, 2.75) is 86.3 Å². The highest BCUT2D eigenvalue weighted by Gasteiger charge is 2.67. The summed E-state index contributed by atoms with van der Waals surface area (Å²) in [6, 6.07) is 0. The average Bonchev–Trinajstić information content (AvgIpc) is 2.72. The van der Waals surface area contributed by atoms with Gasteiger partial charge in [0.05, 0.1) is 11.8 Å². The van der Waals surface area contributed by atoms with E-state index in [2.05, 4.69) is 4.74 Å². The molecule has 1 nitrogen and oxygen atoms in total. The van der Waals surface area contributed by atoms with Crippen molar-refractivity contribution in [3.8, 4) is 0 Å². The molecule has 0 heterocycles. The van der Waals surface area contributed by atoms with E-state index in [-0.39, 0.29) is 0 Å². The lowest BCUT2D eigenvalue weighted by atomic mass is 9.85. The van der Waals surface area contributed by atoms with Gasteiger partial charge in [0.1, 0.15) is 12.2 Å². The lowest BCUT2D eigenvalue weighted by molar-refractivity contribution is -0.315. The van der Waals surface area contributed by atoms with Gasteiger partial charge < -0.3 is 4.74 Å². The summed E-state index contributed by atoms with van der Waals surface area (Å²) in [4.78, 5) is 0. The Balaban J connectivity index is 7.71. The first-order valence-corrected chi connectivity index (χ1v) is 9.58. The molecule has 8 unspecified atom stereocenters. The Labute approximate surface area is 209 Å². The van der Waals surface area contributed by atoms with Gasteiger partial charge in [0.15, 0.2) is 0 Å². The molecule has 0 saturated carbocycles. The fourth-order valence-corrected chi connectivity index (χ4v) is 3.10. The SMILES string of the molecule is FC(C(OC(C(C(F)C(F)(F)F)C(F)C(F)(F)F)C(F)C(F)(F)F)C(C(F)C(F)(F)F)C(F)C(F)(F)F)C(F)(F)F. The van der Waals surface area contributed by atoms with Gasteiger partial charge in [-0.15, -0.1) is 0 Å². The Bertz CT molecular complexity index is 695. The molecule has 0 aromatic rings. The molecule has 0 amide bonds. The Hall–Kier alpha value is -1.72. The first-order chi connectivity index (χ1) is 17.7. The minimum Gasteiger partial charge on any atom is -0.367 e. The first-order valence-electron chi connectivity index (χ1n) is 9.58. The van der Waals surface area contributed by atoms with Crippen molar-refractivity contribution in [2.75, 3.05) is 0 Å². The molecule has 0 N–H and O–H groups in total. The third-order valence-electron chi connectivity index (χ3n) is 4.88. The molecule has 0 aliphatic rings. The van der Waals surface area contributed by atoms with Crippen LogP contribution >= 0.6 is 0 Å². The lowest BCUT2D eigenvalue weighted by Gasteiger charge is -2.41. The van der Waals surface area contributed by atoms with Crippen molar-refractivity contribution in [1.29, 1.82) is 0 Å². The van der Waals surface area contributed by atoms with Crippen molar-refractivity contribution in [1.82, 2.24) is 0 Å². The summed E-state index contributed by atoms with van der Waals surface area (Å²) in [5.41, 5.74) is 0. The molecule has 0 radical (unpaired) electrons. The molecule has 41 heavy (non-hydrogen) atoms. The number of hydrogen-bond donors (Lipinski definition) is 0. The topological polar surface area (TPSA) is 9.23 Å². The Morgan fingerprint density at radius 2 is 0.415 bits per heavy atom. The smallest absolute Gasteiger partial charge is 0.367 e. The lowest BCUT2D eigenvalue weighted by Crippen LogP contribution is -2.60. The van der Waals surface area contributed by atoms with Crippen LogP contribution < -0.4 is 0 Å². The maximum absolute atomic E-state index is 14.0. The number of alkyl halides is 24. The normalized spacial score (nSPS) is 22.2. The van der Waals surface area contributed by atoms with Crippen LogP contribution in [0.4, 0.5) is 105 Å². The van der Waals surface area contributed by atoms with Gasteiger partial charge in [-0.2, -0.15) is 79.0 Å². The standard InChI is InChI=1S/C16H10F24O/c17-5(11(23,24)25)1(6(18)12(26,27)28)3(9(21)15(35,36)37)41-4(10(22)16(38,39)40)2(7(19)13(29,30)31)8(20)14(32,33)34/h1-10H. The Morgan fingerprint density at radius 1 is 0.268 bits per heavy atom. The largest absolute Gasteiger partial charge is 0.422 e. The van der Waals surface area contributed by atoms with Crippen LogP contribution in [0.3, 0.4) is 0 Å². The maximum atomic E-state index is 14.0. The first kappa shape index (κ1) is 39.3. The van der Waals surface area contributed by atoms with Gasteiger partial charge in [0, 0.05) is 0 Å². The summed E-state index contributed by atoms with van der Waals surface area (Å²) >= 11 is 0. The van der Waals surface area contributed by atoms with Crippen molar-refractivity contribution in [3.63, 3.8) is 0 Å². The molecule has 0 fully saturated rings. The number of hydrogen-bond acceptors (Lipinski definition) is 1. The highest BCUT2D eigenvalue weighted by atomic mass is 19.4. The molecular weight excluding hydrogens is 664 g/mol. The number of rotatable bonds is 10. The van der Waals surface area contributed by atoms with E-state index in [4.69, 9.17) is 0 Å². The number of ether oxygens (including phenoxy) is 1. The summed E-state index contributed by atoms with van der Waals surface area (Å²) < 4.78 is 316. The van der Waals surface area contributed by atoms with Crippen LogP contribution in [0.25, 0.3) is 0 Å². The van der Waals surface area contributed by atoms with Gasteiger partial charge in [0.25, 0.3) is 0 Å². The zero-order chi connectivity index (χ0) is 33.5. The van der Waals surface area contributed by atoms with Gasteiger partial charge in [-0.05, 0) is 0 Å². The molecule has 0 aliphatic carbocycles. The van der Waals surface area contributed by atoms with Crippen LogP contribution in [-0.2, 0) is 4.74 Å². The molecule has 0 aliphatic heterocycles. The Kier molecular flexibility index (Phi) is 12.0. The van der Waals surface area contributed by atoms with E-state index >= 15 is 0 Å². The van der Waals surface area contributed by atoms with Gasteiger partial charge in [0.2, 0.25) is 37.0 Å². The maximum Gasteiger partial charge on any atom is 0.422 e. The highest BCUT2D eigenvalue weighted by molar-refractivity contribution is 5.00. The fourth-order valence-electron chi connectivity index (χ4n) is 3.10. The zero-order valence-corrected chi connectivity index (χ0v) is 18.3. The van der Waals surface area contributed by atoms with E-state index in [1.54, 1.807) is 0 Å². The molecule has 0 spiro atoms. The van der Waals surface area contributed by atoms with Crippen molar-refractivity contribution < 1.29 is 110 Å². The number of halogens is 24. The minimum absolute atomic E-state index is 2.87. The van der Waals surface area contributed by atoms with Crippen LogP contribution in [0.2, 0.25) is 0 Å². The quantitative estimate of drug-likeness (QED) is 0.212. The molecule has 248 valence electrons. The van der Waals surface area contributed by atoms with E-state index < -0.39 is 98.1 Å². The second kappa shape index (κ2) is 12.5. The summed E-state index contributed by atoms with van der Waals surface area (Å²) in [6.45, 7) is 0. The third kappa shape index (κ3) is 10.2. The zero-order valence-electron chi connectivity index (χ0n) is 18.3. The second-order valence-electron chi connectivity index (χ2n) is 7.88. The molecule has 8 atom stereocenters. The average molecular weight is 674 g/mol. The van der Waals surface area contributed by atoms with Gasteiger partial charge >= 0.3 is 37.1 Å². The van der Waals surface area contributed by atoms with E-state index in [1.165, 1.54) is 0 Å². The van der Waals surface area contributed by atoms with Gasteiger partial charge in [-0.25, -0.2) is 26.3 Å². The molecule has 0 bridgehead atoms. The Morgan fingerprint density at radius 3 is 0.537 bits per heavy atom. The summed E-state index contributed by atoms with van der Waals surface area (Å²) in [7, 11) is 0. The van der Waals surface area contributed by atoms with Crippen LogP contribution in [0.15, 0.2) is 0 Å². The minimum atomic E-state index is -7.12. The molecule has 0 saturated heterocycles. The molecular formula is C16H10F24O. The van der Waals surface area contributed by atoms with Crippen LogP contribution in [0, 0.1) is 11.8 Å². The van der Waals surface area contributed by atoms with E-state index in [9.17, 15) is 105 Å². The van der Waals surface area contributed by atoms with Gasteiger partial charge in [-0.3, -0.25) is 0 Å². The summed E-state index contributed by atoms with van der Waals surface area (Å²) in [5.74, 6) is -11.1. The van der Waals surface area contributed by atoms with Crippen LogP contribution in [-0.4, -0.2) is 86.3 Å². The van der Waals surface area contributed by atoms with Gasteiger partial charge in [-0.1, -0.05) is 0 Å². The predicted molar refractivity (Wildman–Crippen MR) is 81.3 cm³/mol. The van der Waals surface area contributed by atoms with Crippen molar-refractivity contribution in [3.05, 3.63) is 0 Å². The van der Waals surface area contributed by atoms with E-state index in [0.717, 1.165) is 0 Å². The monoisotopic (exact) mass is 674 g/mol. The van der Waals surface area contributed by atoms with Crippen molar-refractivity contribution >= 4 is 0 Å². The van der Waals surface area contributed by atoms with Crippen LogP contribution in [0.1, 0.15) is 0 Å². The van der Waals surface area contributed by atoms with E-state index in [1.807, 2.05) is 0 Å². The second-order valence-corrected chi connectivity index (χ2v) is 7.88. The molecule has 0 aromatic heterocycles. The summed E-state index contributed by atoms with van der Waals surface area (Å²) in [5, 5.41) is 0. The van der Waals surface area contributed by atoms with Crippen LogP contribution in [0.5, 0.6) is 0 Å². The van der Waals surface area contributed by atoms with E-state index in [0.29, 0.717) is 0 Å². The molecule has 0 rings (SSSR count). The molecule has 0 aromatic carbocycles. The third-order valence-corrected chi connectivity index (χ3v) is 4.88. The van der Waals surface area contributed by atoms with Crippen molar-refractivity contribution in [2.24, 2.45) is 11.8 Å². The summed E-state index contributed by atoms with van der Waals surface area (Å²) in [6.07, 6.45) is -88.9. The fraction of sp³-hybridized carbons (Fsp3) is 1.00. The molecule has 25 heteroatoms. The highest BCUT2D eigenvalue weighted by Crippen LogP contribution is 2.48. The predicted octanol–water partition coefficient (Wildman–Crippen LogP) is 8.38.